The summed E-state index contributed by atoms with van der Waals surface area (Å²) in [7, 11) is 0. The molecule has 0 saturated heterocycles. The molecule has 8 aromatic carbocycles. The van der Waals surface area contributed by atoms with Crippen LogP contribution in [0.15, 0.2) is 176 Å². The molecule has 0 bridgehead atoms. The Morgan fingerprint density at radius 2 is 0.943 bits per heavy atom. The lowest BCUT2D eigenvalue weighted by Crippen LogP contribution is -1.94. The Kier molecular flexibility index (Phi) is 6.48. The van der Waals surface area contributed by atoms with Crippen molar-refractivity contribution in [1.82, 2.24) is 9.13 Å². The summed E-state index contributed by atoms with van der Waals surface area (Å²) in [6, 6.07) is 65.5. The number of thiophene rings is 1. The second-order valence-corrected chi connectivity index (χ2v) is 14.7. The zero-order valence-electron chi connectivity index (χ0n) is 28.5. The minimum atomic E-state index is 0.651. The first-order chi connectivity index (χ1) is 26.2. The van der Waals surface area contributed by atoms with E-state index in [0.717, 1.165) is 22.4 Å². The van der Waals surface area contributed by atoms with E-state index in [1.165, 1.54) is 75.0 Å². The molecule has 0 radical (unpaired) electrons. The summed E-state index contributed by atoms with van der Waals surface area (Å²) in [5, 5.41) is 17.1. The first-order valence-corrected chi connectivity index (χ1v) is 18.6. The molecule has 0 atom stereocenters. The van der Waals surface area contributed by atoms with E-state index >= 15 is 0 Å². The SMILES string of the molecule is N#Cc1cccc(-n2c3ccccc3c3cc(-c4ccc5c(c4)c4ccccc4n5-c4ccc(-c5cccc6sc7ccccc7c56)cc4)ccc32)c1. The average Bonchev–Trinajstić information content (AvgIpc) is 3.88. The van der Waals surface area contributed by atoms with Crippen LogP contribution >= 0.6 is 11.3 Å². The maximum atomic E-state index is 9.60. The van der Waals surface area contributed by atoms with Crippen LogP contribution in [0, 0.1) is 11.3 Å². The monoisotopic (exact) mass is 691 g/mol. The van der Waals surface area contributed by atoms with E-state index in [4.69, 9.17) is 0 Å². The van der Waals surface area contributed by atoms with E-state index in [0.29, 0.717) is 5.56 Å². The molecule has 0 fully saturated rings. The van der Waals surface area contributed by atoms with Gasteiger partial charge in [0.15, 0.2) is 0 Å². The lowest BCUT2D eigenvalue weighted by atomic mass is 9.99. The van der Waals surface area contributed by atoms with Gasteiger partial charge in [0.05, 0.1) is 33.7 Å². The summed E-state index contributed by atoms with van der Waals surface area (Å²) in [6.07, 6.45) is 0. The molecule has 3 nitrogen and oxygen atoms in total. The molecule has 0 aliphatic carbocycles. The molecule has 53 heavy (non-hydrogen) atoms. The second-order valence-electron chi connectivity index (χ2n) is 13.7. The Morgan fingerprint density at radius 1 is 0.396 bits per heavy atom. The number of aromatic nitrogens is 2. The zero-order valence-corrected chi connectivity index (χ0v) is 29.3. The normalized spacial score (nSPS) is 11.8. The summed E-state index contributed by atoms with van der Waals surface area (Å²) in [6.45, 7) is 0. The standard InChI is InChI=1S/C49H29N3S/c50-30-31-9-7-10-36(27-31)52-44-16-5-2-12-39(44)42-29-34(22-26-46(42)52)33-21-25-45-41(28-33)38-11-1-4-15-43(38)51(45)35-23-19-32(20-24-35)37-14-8-18-48-49(37)40-13-3-6-17-47(40)53-48/h1-29H. The van der Waals surface area contributed by atoms with Gasteiger partial charge >= 0.3 is 0 Å². The Labute approximate surface area is 309 Å². The molecule has 0 amide bonds. The van der Waals surface area contributed by atoms with E-state index in [1.807, 2.05) is 29.5 Å². The predicted molar refractivity (Wildman–Crippen MR) is 224 cm³/mol. The van der Waals surface area contributed by atoms with Crippen LogP contribution in [0.25, 0.3) is 97.4 Å². The molecular weight excluding hydrogens is 663 g/mol. The number of hydrogen-bond donors (Lipinski definition) is 0. The number of nitrogens with zero attached hydrogens (tertiary/aromatic N) is 3. The minimum Gasteiger partial charge on any atom is -0.309 e. The van der Waals surface area contributed by atoms with E-state index in [9.17, 15) is 5.26 Å². The highest BCUT2D eigenvalue weighted by Gasteiger charge is 2.17. The fourth-order valence-corrected chi connectivity index (χ4v) is 9.51. The van der Waals surface area contributed by atoms with Crippen LogP contribution in [0.2, 0.25) is 0 Å². The van der Waals surface area contributed by atoms with Gasteiger partial charge in [-0.05, 0) is 101 Å². The predicted octanol–water partition coefficient (Wildman–Crippen LogP) is 13.5. The van der Waals surface area contributed by atoms with Crippen LogP contribution in [0.3, 0.4) is 0 Å². The molecule has 11 rings (SSSR count). The van der Waals surface area contributed by atoms with E-state index in [2.05, 4.69) is 173 Å². The Balaban J connectivity index is 1.04. The van der Waals surface area contributed by atoms with Gasteiger partial charge in [-0.1, -0.05) is 97.1 Å². The fraction of sp³-hybridized carbons (Fsp3) is 0. The summed E-state index contributed by atoms with van der Waals surface area (Å²) in [4.78, 5) is 0. The van der Waals surface area contributed by atoms with E-state index < -0.39 is 0 Å². The topological polar surface area (TPSA) is 33.6 Å². The minimum absolute atomic E-state index is 0.651. The van der Waals surface area contributed by atoms with Crippen LogP contribution < -0.4 is 0 Å². The molecule has 0 saturated carbocycles. The largest absolute Gasteiger partial charge is 0.309 e. The number of para-hydroxylation sites is 2. The molecule has 11 aromatic rings. The molecule has 0 unspecified atom stereocenters. The van der Waals surface area contributed by atoms with Crippen LogP contribution in [0.1, 0.15) is 5.56 Å². The van der Waals surface area contributed by atoms with E-state index in [1.54, 1.807) is 0 Å². The van der Waals surface area contributed by atoms with Crippen molar-refractivity contribution in [3.63, 3.8) is 0 Å². The molecule has 3 heterocycles. The Morgan fingerprint density at radius 3 is 1.62 bits per heavy atom. The smallest absolute Gasteiger partial charge is 0.0992 e. The molecule has 246 valence electrons. The fourth-order valence-electron chi connectivity index (χ4n) is 8.38. The summed E-state index contributed by atoms with van der Waals surface area (Å²) in [5.41, 5.74) is 12.2. The third kappa shape index (κ3) is 4.52. The van der Waals surface area contributed by atoms with Gasteiger partial charge in [0.1, 0.15) is 0 Å². The lowest BCUT2D eigenvalue weighted by molar-refractivity contribution is 1.18. The van der Waals surface area contributed by atoms with Crippen molar-refractivity contribution in [3.8, 4) is 39.7 Å². The highest BCUT2D eigenvalue weighted by atomic mass is 32.1. The van der Waals surface area contributed by atoms with Gasteiger partial charge in [-0.3, -0.25) is 0 Å². The average molecular weight is 692 g/mol. The van der Waals surface area contributed by atoms with Crippen molar-refractivity contribution >= 4 is 75.1 Å². The first-order valence-electron chi connectivity index (χ1n) is 17.8. The third-order valence-corrected chi connectivity index (χ3v) is 11.9. The van der Waals surface area contributed by atoms with Crippen molar-refractivity contribution in [2.45, 2.75) is 0 Å². The molecule has 0 aliphatic rings. The summed E-state index contributed by atoms with van der Waals surface area (Å²) >= 11 is 1.86. The lowest BCUT2D eigenvalue weighted by Gasteiger charge is -2.11. The molecule has 4 heteroatoms. The molecule has 0 N–H and O–H groups in total. The van der Waals surface area contributed by atoms with Crippen molar-refractivity contribution in [3.05, 3.63) is 181 Å². The molecular formula is C49H29N3S. The van der Waals surface area contributed by atoms with Crippen molar-refractivity contribution in [2.75, 3.05) is 0 Å². The Hall–Kier alpha value is -6.93. The van der Waals surface area contributed by atoms with Crippen molar-refractivity contribution < 1.29 is 0 Å². The Bertz CT molecular complexity index is 3300. The van der Waals surface area contributed by atoms with Gasteiger partial charge in [0.25, 0.3) is 0 Å². The highest BCUT2D eigenvalue weighted by molar-refractivity contribution is 7.25. The quantitative estimate of drug-likeness (QED) is 0.181. The number of rotatable bonds is 4. The number of benzene rings is 8. The van der Waals surface area contributed by atoms with Gasteiger partial charge in [-0.25, -0.2) is 0 Å². The zero-order chi connectivity index (χ0) is 35.0. The molecule has 0 spiro atoms. The molecule has 0 aliphatic heterocycles. The van der Waals surface area contributed by atoms with Crippen molar-refractivity contribution in [2.24, 2.45) is 0 Å². The van der Waals surface area contributed by atoms with E-state index in [-0.39, 0.29) is 0 Å². The maximum absolute atomic E-state index is 9.60. The third-order valence-electron chi connectivity index (χ3n) is 10.8. The van der Waals surface area contributed by atoms with Gasteiger partial charge in [0.2, 0.25) is 0 Å². The number of hydrogen-bond acceptors (Lipinski definition) is 2. The summed E-state index contributed by atoms with van der Waals surface area (Å²) < 4.78 is 7.30. The van der Waals surface area contributed by atoms with Crippen LogP contribution in [-0.2, 0) is 0 Å². The molecule has 3 aromatic heterocycles. The van der Waals surface area contributed by atoms with Crippen LogP contribution in [0.4, 0.5) is 0 Å². The van der Waals surface area contributed by atoms with Gasteiger partial charge in [-0.2, -0.15) is 5.26 Å². The van der Waals surface area contributed by atoms with Gasteiger partial charge in [0, 0.05) is 53.1 Å². The first kappa shape index (κ1) is 29.8. The number of nitriles is 1. The summed E-state index contributed by atoms with van der Waals surface area (Å²) in [5.74, 6) is 0. The maximum Gasteiger partial charge on any atom is 0.0992 e. The van der Waals surface area contributed by atoms with Gasteiger partial charge in [-0.15, -0.1) is 11.3 Å². The van der Waals surface area contributed by atoms with Crippen LogP contribution in [0.5, 0.6) is 0 Å². The second kappa shape index (κ2) is 11.5. The van der Waals surface area contributed by atoms with Gasteiger partial charge < -0.3 is 9.13 Å². The number of fused-ring (bicyclic) bond motifs is 9. The van der Waals surface area contributed by atoms with Crippen LogP contribution in [-0.4, -0.2) is 9.13 Å². The highest BCUT2D eigenvalue weighted by Crippen LogP contribution is 2.41. The van der Waals surface area contributed by atoms with Crippen molar-refractivity contribution in [1.29, 1.82) is 5.26 Å².